The van der Waals surface area contributed by atoms with E-state index in [1.54, 1.807) is 4.90 Å². The standard InChI is InChI=1S/C14H21N3O/c1-16(13-5-3-2-4-6-13)14(18)7-10-17-11-8-15-9-12-17/h2-6,15H,7-12H2,1H3. The highest BCUT2D eigenvalue weighted by Crippen LogP contribution is 2.12. The molecule has 98 valence electrons. The molecule has 1 N–H and O–H groups in total. The Labute approximate surface area is 109 Å². The molecule has 0 radical (unpaired) electrons. The fourth-order valence-corrected chi connectivity index (χ4v) is 2.15. The number of para-hydroxylation sites is 1. The molecule has 1 aromatic rings. The van der Waals surface area contributed by atoms with Gasteiger partial charge in [0, 0.05) is 51.9 Å². The highest BCUT2D eigenvalue weighted by Gasteiger charge is 2.14. The van der Waals surface area contributed by atoms with Crippen molar-refractivity contribution < 1.29 is 4.79 Å². The number of anilines is 1. The molecule has 0 saturated carbocycles. The topological polar surface area (TPSA) is 35.6 Å². The van der Waals surface area contributed by atoms with Crippen LogP contribution < -0.4 is 10.2 Å². The first-order chi connectivity index (χ1) is 8.77. The molecule has 2 rings (SSSR count). The van der Waals surface area contributed by atoms with Crippen LogP contribution in [0.3, 0.4) is 0 Å². The van der Waals surface area contributed by atoms with E-state index in [0.717, 1.165) is 38.4 Å². The van der Waals surface area contributed by atoms with Crippen LogP contribution in [0.15, 0.2) is 30.3 Å². The number of rotatable bonds is 4. The van der Waals surface area contributed by atoms with Crippen LogP contribution in [-0.4, -0.2) is 50.6 Å². The molecule has 0 atom stereocenters. The van der Waals surface area contributed by atoms with Crippen LogP contribution in [0.25, 0.3) is 0 Å². The van der Waals surface area contributed by atoms with E-state index in [1.807, 2.05) is 37.4 Å². The lowest BCUT2D eigenvalue weighted by atomic mass is 10.2. The Balaban J connectivity index is 1.80. The van der Waals surface area contributed by atoms with E-state index in [1.165, 1.54) is 0 Å². The SMILES string of the molecule is CN(C(=O)CCN1CCNCC1)c1ccccc1. The van der Waals surface area contributed by atoms with Gasteiger partial charge in [-0.1, -0.05) is 18.2 Å². The van der Waals surface area contributed by atoms with Crippen molar-refractivity contribution in [3.05, 3.63) is 30.3 Å². The van der Waals surface area contributed by atoms with Gasteiger partial charge in [0.2, 0.25) is 5.91 Å². The van der Waals surface area contributed by atoms with Crippen molar-refractivity contribution in [2.24, 2.45) is 0 Å². The quantitative estimate of drug-likeness (QED) is 0.860. The van der Waals surface area contributed by atoms with Crippen molar-refractivity contribution in [1.82, 2.24) is 10.2 Å². The fourth-order valence-electron chi connectivity index (χ4n) is 2.15. The Morgan fingerprint density at radius 3 is 2.61 bits per heavy atom. The number of benzene rings is 1. The fraction of sp³-hybridized carbons (Fsp3) is 0.500. The summed E-state index contributed by atoms with van der Waals surface area (Å²) in [6.45, 7) is 5.01. The normalized spacial score (nSPS) is 16.5. The summed E-state index contributed by atoms with van der Waals surface area (Å²) in [6.07, 6.45) is 0.589. The maximum atomic E-state index is 12.1. The Kier molecular flexibility index (Phi) is 4.73. The van der Waals surface area contributed by atoms with Gasteiger partial charge in [-0.05, 0) is 12.1 Å². The van der Waals surface area contributed by atoms with Crippen molar-refractivity contribution in [3.8, 4) is 0 Å². The summed E-state index contributed by atoms with van der Waals surface area (Å²) in [5, 5.41) is 3.31. The summed E-state index contributed by atoms with van der Waals surface area (Å²) < 4.78 is 0. The highest BCUT2D eigenvalue weighted by molar-refractivity contribution is 5.92. The minimum absolute atomic E-state index is 0.180. The second kappa shape index (κ2) is 6.52. The van der Waals surface area contributed by atoms with Crippen LogP contribution in [0.5, 0.6) is 0 Å². The van der Waals surface area contributed by atoms with E-state index in [-0.39, 0.29) is 5.91 Å². The summed E-state index contributed by atoms with van der Waals surface area (Å²) in [4.78, 5) is 16.1. The number of piperazine rings is 1. The van der Waals surface area contributed by atoms with Gasteiger partial charge in [-0.25, -0.2) is 0 Å². The third-order valence-corrected chi connectivity index (χ3v) is 3.37. The van der Waals surface area contributed by atoms with Crippen molar-refractivity contribution in [1.29, 1.82) is 0 Å². The van der Waals surface area contributed by atoms with Crippen molar-refractivity contribution >= 4 is 11.6 Å². The highest BCUT2D eigenvalue weighted by atomic mass is 16.2. The molecule has 0 bridgehead atoms. The molecule has 1 heterocycles. The Hall–Kier alpha value is -1.39. The van der Waals surface area contributed by atoms with Gasteiger partial charge in [0.1, 0.15) is 0 Å². The minimum Gasteiger partial charge on any atom is -0.315 e. The number of hydrogen-bond donors (Lipinski definition) is 1. The molecule has 18 heavy (non-hydrogen) atoms. The first kappa shape index (κ1) is 13.1. The zero-order valence-corrected chi connectivity index (χ0v) is 10.9. The first-order valence-electron chi connectivity index (χ1n) is 6.52. The lowest BCUT2D eigenvalue weighted by Crippen LogP contribution is -2.44. The van der Waals surface area contributed by atoms with Gasteiger partial charge in [-0.15, -0.1) is 0 Å². The van der Waals surface area contributed by atoms with Gasteiger partial charge >= 0.3 is 0 Å². The smallest absolute Gasteiger partial charge is 0.228 e. The Morgan fingerprint density at radius 1 is 1.28 bits per heavy atom. The summed E-state index contributed by atoms with van der Waals surface area (Å²) in [5.74, 6) is 0.180. The Bertz CT molecular complexity index is 374. The molecule has 1 fully saturated rings. The molecule has 0 aliphatic carbocycles. The number of amides is 1. The zero-order valence-electron chi connectivity index (χ0n) is 10.9. The second-order valence-electron chi connectivity index (χ2n) is 4.63. The lowest BCUT2D eigenvalue weighted by Gasteiger charge is -2.27. The Morgan fingerprint density at radius 2 is 1.94 bits per heavy atom. The number of hydrogen-bond acceptors (Lipinski definition) is 3. The molecule has 0 spiro atoms. The van der Waals surface area contributed by atoms with E-state index < -0.39 is 0 Å². The van der Waals surface area contributed by atoms with Gasteiger partial charge in [0.15, 0.2) is 0 Å². The monoisotopic (exact) mass is 247 g/mol. The third kappa shape index (κ3) is 3.55. The molecule has 0 unspecified atom stereocenters. The van der Waals surface area contributed by atoms with Gasteiger partial charge in [0.25, 0.3) is 0 Å². The number of carbonyl (C=O) groups is 1. The summed E-state index contributed by atoms with van der Waals surface area (Å²) in [7, 11) is 1.84. The number of carbonyl (C=O) groups excluding carboxylic acids is 1. The van der Waals surface area contributed by atoms with Crippen molar-refractivity contribution in [3.63, 3.8) is 0 Å². The molecule has 1 aliphatic rings. The van der Waals surface area contributed by atoms with Crippen LogP contribution in [-0.2, 0) is 4.79 Å². The van der Waals surface area contributed by atoms with E-state index in [0.29, 0.717) is 6.42 Å². The molecule has 0 aromatic heterocycles. The van der Waals surface area contributed by atoms with Crippen LogP contribution in [0.4, 0.5) is 5.69 Å². The zero-order chi connectivity index (χ0) is 12.8. The molecule has 1 aliphatic heterocycles. The van der Waals surface area contributed by atoms with E-state index in [4.69, 9.17) is 0 Å². The van der Waals surface area contributed by atoms with E-state index in [9.17, 15) is 4.79 Å². The maximum Gasteiger partial charge on any atom is 0.228 e. The minimum atomic E-state index is 0.180. The summed E-state index contributed by atoms with van der Waals surface area (Å²) in [5.41, 5.74) is 0.961. The number of nitrogens with one attached hydrogen (secondary N) is 1. The molecule has 1 saturated heterocycles. The van der Waals surface area contributed by atoms with Gasteiger partial charge in [-0.3, -0.25) is 4.79 Å². The summed E-state index contributed by atoms with van der Waals surface area (Å²) in [6, 6.07) is 9.79. The molecule has 1 aromatic carbocycles. The van der Waals surface area contributed by atoms with Crippen molar-refractivity contribution in [2.75, 3.05) is 44.7 Å². The van der Waals surface area contributed by atoms with Crippen LogP contribution in [0.2, 0.25) is 0 Å². The predicted octanol–water partition coefficient (Wildman–Crippen LogP) is 0.945. The average molecular weight is 247 g/mol. The van der Waals surface area contributed by atoms with Crippen LogP contribution >= 0.6 is 0 Å². The van der Waals surface area contributed by atoms with Gasteiger partial charge < -0.3 is 15.1 Å². The third-order valence-electron chi connectivity index (χ3n) is 3.37. The molecule has 4 heteroatoms. The predicted molar refractivity (Wildman–Crippen MR) is 73.8 cm³/mol. The largest absolute Gasteiger partial charge is 0.315 e. The number of nitrogens with zero attached hydrogens (tertiary/aromatic N) is 2. The molecule has 4 nitrogen and oxygen atoms in total. The van der Waals surface area contributed by atoms with Gasteiger partial charge in [0.05, 0.1) is 0 Å². The van der Waals surface area contributed by atoms with Crippen LogP contribution in [0, 0.1) is 0 Å². The second-order valence-corrected chi connectivity index (χ2v) is 4.63. The van der Waals surface area contributed by atoms with Crippen LogP contribution in [0.1, 0.15) is 6.42 Å². The van der Waals surface area contributed by atoms with Crippen molar-refractivity contribution in [2.45, 2.75) is 6.42 Å². The molecule has 1 amide bonds. The molecular weight excluding hydrogens is 226 g/mol. The van der Waals surface area contributed by atoms with Gasteiger partial charge in [-0.2, -0.15) is 0 Å². The van der Waals surface area contributed by atoms with E-state index >= 15 is 0 Å². The average Bonchev–Trinajstić information content (AvgIpc) is 2.46. The summed E-state index contributed by atoms with van der Waals surface area (Å²) >= 11 is 0. The first-order valence-corrected chi connectivity index (χ1v) is 6.52. The molecular formula is C14H21N3O. The maximum absolute atomic E-state index is 12.1. The van der Waals surface area contributed by atoms with E-state index in [2.05, 4.69) is 10.2 Å². The lowest BCUT2D eigenvalue weighted by molar-refractivity contribution is -0.118.